The maximum Gasteiger partial charge on any atom is 0.145 e. The Labute approximate surface area is 112 Å². The van der Waals surface area contributed by atoms with E-state index in [2.05, 4.69) is 23.8 Å². The zero-order valence-corrected chi connectivity index (χ0v) is 11.2. The third kappa shape index (κ3) is 2.86. The highest BCUT2D eigenvalue weighted by atomic mass is 35.5. The zero-order valence-electron chi connectivity index (χ0n) is 10.5. The van der Waals surface area contributed by atoms with Gasteiger partial charge in [0.15, 0.2) is 0 Å². The summed E-state index contributed by atoms with van der Waals surface area (Å²) < 4.78 is 0. The molecule has 0 aliphatic carbocycles. The van der Waals surface area contributed by atoms with Gasteiger partial charge in [-0.1, -0.05) is 37.6 Å². The van der Waals surface area contributed by atoms with Crippen LogP contribution < -0.4 is 5.73 Å². The van der Waals surface area contributed by atoms with Crippen LogP contribution >= 0.6 is 11.6 Å². The van der Waals surface area contributed by atoms with Crippen molar-refractivity contribution >= 4 is 11.6 Å². The first kappa shape index (κ1) is 13.0. The summed E-state index contributed by atoms with van der Waals surface area (Å²) in [6.07, 6.45) is 1.74. The van der Waals surface area contributed by atoms with Crippen LogP contribution in [0.25, 0.3) is 11.3 Å². The molecule has 2 aromatic rings. The van der Waals surface area contributed by atoms with Crippen LogP contribution in [0, 0.1) is 5.92 Å². The number of halogens is 1. The van der Waals surface area contributed by atoms with Crippen LogP contribution in [-0.2, 0) is 0 Å². The van der Waals surface area contributed by atoms with Crippen LogP contribution in [0.3, 0.4) is 0 Å². The summed E-state index contributed by atoms with van der Waals surface area (Å²) in [5.74, 6) is 0.989. The van der Waals surface area contributed by atoms with Gasteiger partial charge in [0.1, 0.15) is 5.82 Å². The van der Waals surface area contributed by atoms with Gasteiger partial charge in [-0.15, -0.1) is 0 Å². The molecule has 0 saturated heterocycles. The molecule has 0 aliphatic rings. The van der Waals surface area contributed by atoms with Crippen LogP contribution in [0.1, 0.15) is 25.7 Å². The van der Waals surface area contributed by atoms with Gasteiger partial charge in [0, 0.05) is 16.8 Å². The molecule has 18 heavy (non-hydrogen) atoms. The predicted octanol–water partition coefficient (Wildman–Crippen LogP) is 3.45. The van der Waals surface area contributed by atoms with Gasteiger partial charge < -0.3 is 5.73 Å². The van der Waals surface area contributed by atoms with Gasteiger partial charge in [-0.05, 0) is 24.1 Å². The maximum absolute atomic E-state index is 6.06. The fourth-order valence-electron chi connectivity index (χ4n) is 1.61. The van der Waals surface area contributed by atoms with Crippen molar-refractivity contribution in [3.63, 3.8) is 0 Å². The van der Waals surface area contributed by atoms with E-state index in [1.54, 1.807) is 6.20 Å². The standard InChI is InChI=1S/C14H16ClN3/c1-9(2)13(16)14-17-8-7-12(18-14)10-3-5-11(15)6-4-10/h3-9,13H,16H2,1-2H3. The number of rotatable bonds is 3. The lowest BCUT2D eigenvalue weighted by Crippen LogP contribution is -2.19. The second-order valence-corrected chi connectivity index (χ2v) is 5.01. The van der Waals surface area contributed by atoms with Gasteiger partial charge in [-0.25, -0.2) is 9.97 Å². The molecule has 2 N–H and O–H groups in total. The largest absolute Gasteiger partial charge is 0.321 e. The van der Waals surface area contributed by atoms with Crippen molar-refractivity contribution in [2.24, 2.45) is 11.7 Å². The van der Waals surface area contributed by atoms with E-state index in [0.29, 0.717) is 16.8 Å². The number of nitrogens with zero attached hydrogens (tertiary/aromatic N) is 2. The summed E-state index contributed by atoms with van der Waals surface area (Å²) in [7, 11) is 0. The van der Waals surface area contributed by atoms with E-state index in [1.165, 1.54) is 0 Å². The number of aromatic nitrogens is 2. The first-order valence-corrected chi connectivity index (χ1v) is 6.30. The number of nitrogens with two attached hydrogens (primary N) is 1. The van der Waals surface area contributed by atoms with E-state index in [0.717, 1.165) is 11.3 Å². The highest BCUT2D eigenvalue weighted by Crippen LogP contribution is 2.21. The highest BCUT2D eigenvalue weighted by molar-refractivity contribution is 6.30. The lowest BCUT2D eigenvalue weighted by molar-refractivity contribution is 0.490. The minimum absolute atomic E-state index is 0.141. The summed E-state index contributed by atoms with van der Waals surface area (Å²) >= 11 is 5.87. The minimum atomic E-state index is -0.141. The lowest BCUT2D eigenvalue weighted by atomic mass is 10.0. The zero-order chi connectivity index (χ0) is 13.1. The molecule has 1 aromatic heterocycles. The molecule has 0 saturated carbocycles. The quantitative estimate of drug-likeness (QED) is 0.921. The normalized spacial score (nSPS) is 12.7. The van der Waals surface area contributed by atoms with E-state index >= 15 is 0 Å². The van der Waals surface area contributed by atoms with Crippen LogP contribution in [-0.4, -0.2) is 9.97 Å². The fourth-order valence-corrected chi connectivity index (χ4v) is 1.74. The minimum Gasteiger partial charge on any atom is -0.321 e. The molecule has 3 nitrogen and oxygen atoms in total. The second kappa shape index (κ2) is 5.46. The molecule has 0 radical (unpaired) electrons. The molecular weight excluding hydrogens is 246 g/mol. The first-order chi connectivity index (χ1) is 8.58. The maximum atomic E-state index is 6.06. The van der Waals surface area contributed by atoms with Gasteiger partial charge in [0.2, 0.25) is 0 Å². The van der Waals surface area contributed by atoms with Gasteiger partial charge >= 0.3 is 0 Å². The van der Waals surface area contributed by atoms with E-state index in [4.69, 9.17) is 17.3 Å². The Morgan fingerprint density at radius 2 is 1.78 bits per heavy atom. The molecule has 0 aliphatic heterocycles. The average molecular weight is 262 g/mol. The molecule has 1 unspecified atom stereocenters. The first-order valence-electron chi connectivity index (χ1n) is 5.92. The van der Waals surface area contributed by atoms with E-state index in [-0.39, 0.29) is 6.04 Å². The Bertz CT molecular complexity index is 523. The lowest BCUT2D eigenvalue weighted by Gasteiger charge is -2.14. The summed E-state index contributed by atoms with van der Waals surface area (Å²) in [5, 5.41) is 0.715. The highest BCUT2D eigenvalue weighted by Gasteiger charge is 2.14. The van der Waals surface area contributed by atoms with Crippen molar-refractivity contribution in [2.45, 2.75) is 19.9 Å². The van der Waals surface area contributed by atoms with Crippen molar-refractivity contribution in [1.29, 1.82) is 0 Å². The average Bonchev–Trinajstić information content (AvgIpc) is 2.38. The topological polar surface area (TPSA) is 51.8 Å². The molecule has 0 fully saturated rings. The van der Waals surface area contributed by atoms with Crippen molar-refractivity contribution in [3.8, 4) is 11.3 Å². The third-order valence-corrected chi connectivity index (χ3v) is 3.08. The van der Waals surface area contributed by atoms with Crippen LogP contribution in [0.4, 0.5) is 0 Å². The van der Waals surface area contributed by atoms with Crippen molar-refractivity contribution in [3.05, 3.63) is 47.4 Å². The number of benzene rings is 1. The summed E-state index contributed by atoms with van der Waals surface area (Å²) in [5.41, 5.74) is 7.94. The predicted molar refractivity (Wildman–Crippen MR) is 74.2 cm³/mol. The Balaban J connectivity index is 2.35. The number of hydrogen-bond acceptors (Lipinski definition) is 3. The second-order valence-electron chi connectivity index (χ2n) is 4.58. The smallest absolute Gasteiger partial charge is 0.145 e. The SMILES string of the molecule is CC(C)C(N)c1nccc(-c2ccc(Cl)cc2)n1. The van der Waals surface area contributed by atoms with E-state index in [1.807, 2.05) is 30.3 Å². The van der Waals surface area contributed by atoms with Gasteiger partial charge in [-0.2, -0.15) is 0 Å². The van der Waals surface area contributed by atoms with E-state index in [9.17, 15) is 0 Å². The van der Waals surface area contributed by atoms with E-state index < -0.39 is 0 Å². The molecule has 1 aromatic carbocycles. The van der Waals surface area contributed by atoms with Crippen LogP contribution in [0.5, 0.6) is 0 Å². The van der Waals surface area contributed by atoms with Crippen molar-refractivity contribution in [1.82, 2.24) is 9.97 Å². The van der Waals surface area contributed by atoms with Crippen molar-refractivity contribution < 1.29 is 0 Å². The summed E-state index contributed by atoms with van der Waals surface area (Å²) in [6, 6.07) is 9.31. The van der Waals surface area contributed by atoms with Gasteiger partial charge in [0.25, 0.3) is 0 Å². The molecule has 0 amide bonds. The molecular formula is C14H16ClN3. The summed E-state index contributed by atoms with van der Waals surface area (Å²) in [6.45, 7) is 4.12. The molecule has 94 valence electrons. The Morgan fingerprint density at radius 1 is 1.11 bits per heavy atom. The third-order valence-electron chi connectivity index (χ3n) is 2.83. The summed E-state index contributed by atoms with van der Waals surface area (Å²) in [4.78, 5) is 8.76. The molecule has 0 bridgehead atoms. The Morgan fingerprint density at radius 3 is 2.39 bits per heavy atom. The molecule has 1 heterocycles. The molecule has 2 rings (SSSR count). The molecule has 4 heteroatoms. The van der Waals surface area contributed by atoms with Crippen LogP contribution in [0.2, 0.25) is 5.02 Å². The van der Waals surface area contributed by atoms with Gasteiger partial charge in [0.05, 0.1) is 11.7 Å². The molecule has 0 spiro atoms. The monoisotopic (exact) mass is 261 g/mol. The Hall–Kier alpha value is -1.45. The number of hydrogen-bond donors (Lipinski definition) is 1. The van der Waals surface area contributed by atoms with Crippen molar-refractivity contribution in [2.75, 3.05) is 0 Å². The fraction of sp³-hybridized carbons (Fsp3) is 0.286. The Kier molecular flexibility index (Phi) is 3.94. The van der Waals surface area contributed by atoms with Crippen LogP contribution in [0.15, 0.2) is 36.5 Å². The van der Waals surface area contributed by atoms with Gasteiger partial charge in [-0.3, -0.25) is 0 Å². The molecule has 1 atom stereocenters.